The van der Waals surface area contributed by atoms with Gasteiger partial charge in [0.25, 0.3) is 0 Å². The molecule has 0 aliphatic carbocycles. The van der Waals surface area contributed by atoms with Gasteiger partial charge in [0.2, 0.25) is 0 Å². The average Bonchev–Trinajstić information content (AvgIpc) is 2.68. The van der Waals surface area contributed by atoms with Crippen LogP contribution in [0.15, 0.2) is 23.2 Å². The van der Waals surface area contributed by atoms with Crippen molar-refractivity contribution in [3.05, 3.63) is 28.7 Å². The number of hydrogen-bond acceptors (Lipinski definition) is 3. The van der Waals surface area contributed by atoms with E-state index in [0.717, 1.165) is 16.7 Å². The Morgan fingerprint density at radius 2 is 2.13 bits per heavy atom. The molecule has 3 nitrogen and oxygen atoms in total. The smallest absolute Gasteiger partial charge is 0.0854 e. The van der Waals surface area contributed by atoms with Crippen LogP contribution >= 0.6 is 11.3 Å². The molecular formula is C11H14N2OS. The van der Waals surface area contributed by atoms with Gasteiger partial charge in [-0.3, -0.25) is 4.68 Å². The van der Waals surface area contributed by atoms with E-state index in [1.807, 2.05) is 30.2 Å². The largest absolute Gasteiger partial charge is 0.386 e. The summed E-state index contributed by atoms with van der Waals surface area (Å²) in [7, 11) is 1.89. The molecular weight excluding hydrogens is 208 g/mol. The lowest BCUT2D eigenvalue weighted by Gasteiger charge is -2.17. The van der Waals surface area contributed by atoms with Gasteiger partial charge in [-0.25, -0.2) is 0 Å². The highest BCUT2D eigenvalue weighted by atomic mass is 32.1. The van der Waals surface area contributed by atoms with E-state index < -0.39 is 5.60 Å². The number of rotatable bonds is 2. The van der Waals surface area contributed by atoms with Crippen LogP contribution in [0, 0.1) is 0 Å². The Morgan fingerprint density at radius 1 is 1.40 bits per heavy atom. The minimum atomic E-state index is -0.800. The molecule has 0 unspecified atom stereocenters. The fourth-order valence-electron chi connectivity index (χ4n) is 1.55. The Bertz CT molecular complexity index is 465. The molecule has 2 aromatic rings. The van der Waals surface area contributed by atoms with Gasteiger partial charge in [0.15, 0.2) is 0 Å². The summed E-state index contributed by atoms with van der Waals surface area (Å²) in [4.78, 5) is 0. The van der Waals surface area contributed by atoms with Gasteiger partial charge in [0.1, 0.15) is 0 Å². The van der Waals surface area contributed by atoms with E-state index >= 15 is 0 Å². The van der Waals surface area contributed by atoms with Crippen LogP contribution in [0.2, 0.25) is 0 Å². The third kappa shape index (κ3) is 1.96. The summed E-state index contributed by atoms with van der Waals surface area (Å²) < 4.78 is 1.77. The maximum Gasteiger partial charge on any atom is 0.0854 e. The lowest BCUT2D eigenvalue weighted by Crippen LogP contribution is -2.15. The van der Waals surface area contributed by atoms with Gasteiger partial charge in [0, 0.05) is 29.9 Å². The zero-order valence-electron chi connectivity index (χ0n) is 9.06. The maximum atomic E-state index is 10.0. The molecule has 2 rings (SSSR count). The summed E-state index contributed by atoms with van der Waals surface area (Å²) in [5.74, 6) is 0. The Labute approximate surface area is 93.0 Å². The summed E-state index contributed by atoms with van der Waals surface area (Å²) >= 11 is 1.60. The number of hydrogen-bond donors (Lipinski definition) is 1. The Morgan fingerprint density at radius 3 is 2.67 bits per heavy atom. The van der Waals surface area contributed by atoms with Crippen molar-refractivity contribution in [2.75, 3.05) is 0 Å². The van der Waals surface area contributed by atoms with Crippen molar-refractivity contribution in [3.63, 3.8) is 0 Å². The number of nitrogens with zero attached hydrogens (tertiary/aromatic N) is 2. The van der Waals surface area contributed by atoms with Crippen LogP contribution in [0.5, 0.6) is 0 Å². The van der Waals surface area contributed by atoms with Crippen molar-refractivity contribution in [3.8, 4) is 11.1 Å². The number of aromatic nitrogens is 2. The second kappa shape index (κ2) is 3.47. The Balaban J connectivity index is 2.50. The molecule has 0 aliphatic rings. The zero-order chi connectivity index (χ0) is 11.1. The molecule has 0 fully saturated rings. The molecule has 4 heteroatoms. The van der Waals surface area contributed by atoms with Gasteiger partial charge in [0.05, 0.1) is 11.8 Å². The second-order valence-corrected chi connectivity index (χ2v) is 4.90. The predicted octanol–water partition coefficient (Wildman–Crippen LogP) is 2.38. The molecule has 0 saturated carbocycles. The molecule has 80 valence electrons. The van der Waals surface area contributed by atoms with E-state index in [2.05, 4.69) is 5.10 Å². The first-order valence-electron chi connectivity index (χ1n) is 4.76. The van der Waals surface area contributed by atoms with Crippen molar-refractivity contribution in [2.24, 2.45) is 7.05 Å². The fourth-order valence-corrected chi connectivity index (χ4v) is 2.57. The summed E-state index contributed by atoms with van der Waals surface area (Å²) in [6, 6.07) is 0. The van der Waals surface area contributed by atoms with Crippen molar-refractivity contribution in [1.82, 2.24) is 9.78 Å². The molecule has 0 spiro atoms. The first-order chi connectivity index (χ1) is 6.98. The van der Waals surface area contributed by atoms with Gasteiger partial charge in [-0.2, -0.15) is 16.4 Å². The van der Waals surface area contributed by atoms with Crippen molar-refractivity contribution in [2.45, 2.75) is 19.4 Å². The lowest BCUT2D eigenvalue weighted by atomic mass is 9.95. The third-order valence-corrected chi connectivity index (χ3v) is 3.08. The van der Waals surface area contributed by atoms with E-state index in [4.69, 9.17) is 0 Å². The van der Waals surface area contributed by atoms with E-state index in [9.17, 15) is 5.11 Å². The highest BCUT2D eigenvalue weighted by Crippen LogP contribution is 2.34. The molecule has 15 heavy (non-hydrogen) atoms. The summed E-state index contributed by atoms with van der Waals surface area (Å²) in [6.45, 7) is 3.60. The standard InChI is InChI=1S/C11H14N2OS/c1-11(2,14)10-7-15-6-9(10)8-4-12-13(3)5-8/h4-7,14H,1-3H3. The van der Waals surface area contributed by atoms with Crippen LogP contribution in [-0.2, 0) is 12.6 Å². The summed E-state index contributed by atoms with van der Waals surface area (Å²) in [5.41, 5.74) is 2.28. The van der Waals surface area contributed by atoms with Crippen molar-refractivity contribution in [1.29, 1.82) is 0 Å². The number of thiophene rings is 1. The molecule has 0 saturated heterocycles. The molecule has 0 bridgehead atoms. The van der Waals surface area contributed by atoms with Crippen LogP contribution in [0.3, 0.4) is 0 Å². The first kappa shape index (κ1) is 10.4. The van der Waals surface area contributed by atoms with Gasteiger partial charge in [-0.15, -0.1) is 0 Å². The molecule has 0 atom stereocenters. The normalized spacial score (nSPS) is 12.0. The lowest BCUT2D eigenvalue weighted by molar-refractivity contribution is 0.0796. The van der Waals surface area contributed by atoms with Crippen LogP contribution in [-0.4, -0.2) is 14.9 Å². The minimum Gasteiger partial charge on any atom is -0.386 e. The quantitative estimate of drug-likeness (QED) is 0.847. The highest BCUT2D eigenvalue weighted by molar-refractivity contribution is 7.08. The topological polar surface area (TPSA) is 38.0 Å². The summed E-state index contributed by atoms with van der Waals surface area (Å²) in [6.07, 6.45) is 3.77. The summed E-state index contributed by atoms with van der Waals surface area (Å²) in [5, 5.41) is 18.2. The maximum absolute atomic E-state index is 10.0. The second-order valence-electron chi connectivity index (χ2n) is 4.16. The third-order valence-electron chi connectivity index (χ3n) is 2.34. The average molecular weight is 222 g/mol. The van der Waals surface area contributed by atoms with Gasteiger partial charge in [-0.1, -0.05) is 0 Å². The Kier molecular flexibility index (Phi) is 2.40. The van der Waals surface area contributed by atoms with Gasteiger partial charge in [-0.05, 0) is 24.6 Å². The molecule has 0 radical (unpaired) electrons. The zero-order valence-corrected chi connectivity index (χ0v) is 9.88. The van der Waals surface area contributed by atoms with Gasteiger partial charge >= 0.3 is 0 Å². The van der Waals surface area contributed by atoms with Crippen LogP contribution in [0.4, 0.5) is 0 Å². The molecule has 2 aromatic heterocycles. The SMILES string of the molecule is Cn1cc(-c2cscc2C(C)(C)O)cn1. The van der Waals surface area contributed by atoms with E-state index in [1.54, 1.807) is 29.9 Å². The minimum absolute atomic E-state index is 0.800. The van der Waals surface area contributed by atoms with Crippen LogP contribution in [0.1, 0.15) is 19.4 Å². The number of aryl methyl sites for hydroxylation is 1. The van der Waals surface area contributed by atoms with E-state index in [-0.39, 0.29) is 0 Å². The predicted molar refractivity (Wildman–Crippen MR) is 61.8 cm³/mol. The molecule has 2 heterocycles. The Hall–Kier alpha value is -1.13. The van der Waals surface area contributed by atoms with Crippen LogP contribution in [0.25, 0.3) is 11.1 Å². The first-order valence-corrected chi connectivity index (χ1v) is 5.71. The number of aliphatic hydroxyl groups is 1. The molecule has 0 amide bonds. The molecule has 0 aliphatic heterocycles. The van der Waals surface area contributed by atoms with E-state index in [1.165, 1.54) is 0 Å². The monoisotopic (exact) mass is 222 g/mol. The van der Waals surface area contributed by atoms with Crippen molar-refractivity contribution < 1.29 is 5.11 Å². The van der Waals surface area contributed by atoms with Crippen LogP contribution < -0.4 is 0 Å². The van der Waals surface area contributed by atoms with E-state index in [0.29, 0.717) is 0 Å². The molecule has 0 aromatic carbocycles. The van der Waals surface area contributed by atoms with Gasteiger partial charge < -0.3 is 5.11 Å². The highest BCUT2D eigenvalue weighted by Gasteiger charge is 2.21. The molecule has 1 N–H and O–H groups in total. The van der Waals surface area contributed by atoms with Crippen molar-refractivity contribution >= 4 is 11.3 Å². The fraction of sp³-hybridized carbons (Fsp3) is 0.364.